The largest absolute Gasteiger partial charge is 0.356 e. The summed E-state index contributed by atoms with van der Waals surface area (Å²) in [6.07, 6.45) is 4.36. The van der Waals surface area contributed by atoms with Crippen molar-refractivity contribution in [2.24, 2.45) is 4.99 Å². The highest BCUT2D eigenvalue weighted by Gasteiger charge is 2.26. The van der Waals surface area contributed by atoms with Crippen LogP contribution in [0.5, 0.6) is 0 Å². The Balaban J connectivity index is 1.74. The summed E-state index contributed by atoms with van der Waals surface area (Å²) in [6, 6.07) is 0.251. The van der Waals surface area contributed by atoms with E-state index in [0.29, 0.717) is 13.1 Å². The third-order valence-corrected chi connectivity index (χ3v) is 6.93. The van der Waals surface area contributed by atoms with Gasteiger partial charge in [0.1, 0.15) is 0 Å². The Bertz CT molecular complexity index is 649. The number of aliphatic imine (C=N–C) groups is 1. The van der Waals surface area contributed by atoms with Crippen molar-refractivity contribution in [1.29, 1.82) is 0 Å². The van der Waals surface area contributed by atoms with Crippen LogP contribution < -0.4 is 10.6 Å². The molecule has 0 aliphatic carbocycles. The van der Waals surface area contributed by atoms with Crippen LogP contribution in [-0.4, -0.2) is 62.1 Å². The maximum Gasteiger partial charge on any atom is 0.213 e. The molecule has 7 nitrogen and oxygen atoms in total. The van der Waals surface area contributed by atoms with E-state index in [1.807, 2.05) is 6.20 Å². The fraction of sp³-hybridized carbons (Fsp3) is 0.733. The third-order valence-electron chi connectivity index (χ3n) is 4.08. The first-order valence-corrected chi connectivity index (χ1v) is 10.7. The Labute approximate surface area is 148 Å². The van der Waals surface area contributed by atoms with Crippen LogP contribution in [0.25, 0.3) is 0 Å². The van der Waals surface area contributed by atoms with Crippen molar-refractivity contribution < 1.29 is 8.42 Å². The number of nitrogens with zero attached hydrogens (tertiary/aromatic N) is 3. The number of aryl methyl sites for hydroxylation is 1. The first-order valence-electron chi connectivity index (χ1n) is 8.31. The molecular weight excluding hydrogens is 346 g/mol. The van der Waals surface area contributed by atoms with Crippen LogP contribution in [0.15, 0.2) is 11.2 Å². The van der Waals surface area contributed by atoms with Gasteiger partial charge in [-0.3, -0.25) is 4.99 Å². The fourth-order valence-corrected chi connectivity index (χ4v) is 4.57. The van der Waals surface area contributed by atoms with Crippen LogP contribution in [0.3, 0.4) is 0 Å². The van der Waals surface area contributed by atoms with Gasteiger partial charge in [-0.25, -0.2) is 17.7 Å². The van der Waals surface area contributed by atoms with E-state index in [0.717, 1.165) is 36.8 Å². The molecule has 0 radical (unpaired) electrons. The second-order valence-electron chi connectivity index (χ2n) is 5.83. The summed E-state index contributed by atoms with van der Waals surface area (Å²) in [5.74, 6) is 0.935. The predicted octanol–water partition coefficient (Wildman–Crippen LogP) is 0.973. The van der Waals surface area contributed by atoms with Crippen molar-refractivity contribution in [3.05, 3.63) is 16.1 Å². The molecule has 136 valence electrons. The molecule has 2 rings (SSSR count). The van der Waals surface area contributed by atoms with E-state index in [-0.39, 0.29) is 11.8 Å². The lowest BCUT2D eigenvalue weighted by molar-refractivity contribution is 0.306. The average Bonchev–Trinajstić information content (AvgIpc) is 2.99. The lowest BCUT2D eigenvalue weighted by Crippen LogP contribution is -2.50. The standard InChI is InChI=1S/C15H27N5O2S2/c1-4-24(21,22)20-9-6-13(7-10-20)19-15(16-3)17-8-5-14-18-11-12(2)23-14/h11,13H,4-10H2,1-3H3,(H2,16,17,19). The molecule has 0 saturated carbocycles. The molecule has 0 unspecified atom stereocenters. The number of aromatic nitrogens is 1. The monoisotopic (exact) mass is 373 g/mol. The van der Waals surface area contributed by atoms with Gasteiger partial charge in [-0.05, 0) is 26.7 Å². The summed E-state index contributed by atoms with van der Waals surface area (Å²) in [6.45, 7) is 5.66. The number of hydrogen-bond donors (Lipinski definition) is 2. The average molecular weight is 374 g/mol. The molecule has 1 aliphatic rings. The Kier molecular flexibility index (Phi) is 7.00. The van der Waals surface area contributed by atoms with Gasteiger partial charge in [0.2, 0.25) is 10.0 Å². The zero-order valence-electron chi connectivity index (χ0n) is 14.6. The molecule has 0 spiro atoms. The molecular formula is C15H27N5O2S2. The third kappa shape index (κ3) is 5.42. The first kappa shape index (κ1) is 19.1. The van der Waals surface area contributed by atoms with Crippen molar-refractivity contribution in [3.8, 4) is 0 Å². The second kappa shape index (κ2) is 8.77. The SMILES string of the molecule is CCS(=O)(=O)N1CCC(NC(=NC)NCCc2ncc(C)s2)CC1. The highest BCUT2D eigenvalue weighted by molar-refractivity contribution is 7.89. The summed E-state index contributed by atoms with van der Waals surface area (Å²) in [5.41, 5.74) is 0. The van der Waals surface area contributed by atoms with Crippen LogP contribution in [-0.2, 0) is 16.4 Å². The Morgan fingerprint density at radius 3 is 2.71 bits per heavy atom. The summed E-state index contributed by atoms with van der Waals surface area (Å²) in [7, 11) is -1.32. The number of nitrogens with one attached hydrogen (secondary N) is 2. The molecule has 1 aromatic heterocycles. The summed E-state index contributed by atoms with van der Waals surface area (Å²) < 4.78 is 25.4. The maximum atomic E-state index is 11.9. The number of rotatable bonds is 6. The minimum atomic E-state index is -3.07. The van der Waals surface area contributed by atoms with Gasteiger partial charge in [0.05, 0.1) is 10.8 Å². The smallest absolute Gasteiger partial charge is 0.213 e. The minimum Gasteiger partial charge on any atom is -0.356 e. The number of sulfonamides is 1. The normalized spacial score (nSPS) is 17.9. The summed E-state index contributed by atoms with van der Waals surface area (Å²) >= 11 is 1.71. The molecule has 0 aromatic carbocycles. The number of thiazole rings is 1. The highest BCUT2D eigenvalue weighted by Crippen LogP contribution is 2.14. The van der Waals surface area contributed by atoms with E-state index in [4.69, 9.17) is 0 Å². The van der Waals surface area contributed by atoms with Crippen molar-refractivity contribution in [2.45, 2.75) is 39.2 Å². The van der Waals surface area contributed by atoms with E-state index >= 15 is 0 Å². The zero-order chi connectivity index (χ0) is 17.6. The highest BCUT2D eigenvalue weighted by atomic mass is 32.2. The summed E-state index contributed by atoms with van der Waals surface area (Å²) in [4.78, 5) is 9.82. The Morgan fingerprint density at radius 2 is 2.17 bits per heavy atom. The topological polar surface area (TPSA) is 86.7 Å². The van der Waals surface area contributed by atoms with E-state index in [2.05, 4.69) is 27.5 Å². The van der Waals surface area contributed by atoms with Crippen LogP contribution in [0.4, 0.5) is 0 Å². The maximum absolute atomic E-state index is 11.9. The lowest BCUT2D eigenvalue weighted by Gasteiger charge is -2.32. The zero-order valence-corrected chi connectivity index (χ0v) is 16.2. The molecule has 2 heterocycles. The molecule has 0 bridgehead atoms. The van der Waals surface area contributed by atoms with Gasteiger partial charge in [-0.15, -0.1) is 11.3 Å². The quantitative estimate of drug-likeness (QED) is 0.573. The number of hydrogen-bond acceptors (Lipinski definition) is 5. The van der Waals surface area contributed by atoms with Gasteiger partial charge in [0, 0.05) is 50.2 Å². The van der Waals surface area contributed by atoms with Crippen LogP contribution in [0.2, 0.25) is 0 Å². The van der Waals surface area contributed by atoms with E-state index in [9.17, 15) is 8.42 Å². The van der Waals surface area contributed by atoms with E-state index in [1.165, 1.54) is 4.88 Å². The Morgan fingerprint density at radius 1 is 1.46 bits per heavy atom. The van der Waals surface area contributed by atoms with Crippen molar-refractivity contribution in [2.75, 3.05) is 32.4 Å². The molecule has 1 saturated heterocycles. The second-order valence-corrected chi connectivity index (χ2v) is 9.41. The molecule has 0 amide bonds. The van der Waals surface area contributed by atoms with Gasteiger partial charge < -0.3 is 10.6 Å². The molecule has 1 aromatic rings. The fourth-order valence-electron chi connectivity index (χ4n) is 2.65. The van der Waals surface area contributed by atoms with Crippen molar-refractivity contribution in [3.63, 3.8) is 0 Å². The van der Waals surface area contributed by atoms with E-state index in [1.54, 1.807) is 29.6 Å². The number of guanidine groups is 1. The van der Waals surface area contributed by atoms with Gasteiger partial charge in [-0.2, -0.15) is 0 Å². The van der Waals surface area contributed by atoms with Gasteiger partial charge in [-0.1, -0.05) is 0 Å². The van der Waals surface area contributed by atoms with Gasteiger partial charge >= 0.3 is 0 Å². The molecule has 1 fully saturated rings. The molecule has 24 heavy (non-hydrogen) atoms. The van der Waals surface area contributed by atoms with Crippen molar-refractivity contribution in [1.82, 2.24) is 19.9 Å². The van der Waals surface area contributed by atoms with Gasteiger partial charge in [0.25, 0.3) is 0 Å². The van der Waals surface area contributed by atoms with Crippen molar-refractivity contribution >= 4 is 27.3 Å². The van der Waals surface area contributed by atoms with Crippen LogP contribution >= 0.6 is 11.3 Å². The molecule has 0 atom stereocenters. The van der Waals surface area contributed by atoms with E-state index < -0.39 is 10.0 Å². The predicted molar refractivity (Wildman–Crippen MR) is 99.1 cm³/mol. The van der Waals surface area contributed by atoms with Gasteiger partial charge in [0.15, 0.2) is 5.96 Å². The molecule has 1 aliphatic heterocycles. The molecule has 2 N–H and O–H groups in total. The lowest BCUT2D eigenvalue weighted by atomic mass is 10.1. The minimum absolute atomic E-state index is 0.171. The first-order chi connectivity index (χ1) is 11.4. The summed E-state index contributed by atoms with van der Waals surface area (Å²) in [5, 5.41) is 7.81. The van der Waals surface area contributed by atoms with Crippen LogP contribution in [0, 0.1) is 6.92 Å². The van der Waals surface area contributed by atoms with Crippen LogP contribution in [0.1, 0.15) is 29.7 Å². The number of piperidine rings is 1. The Hall–Kier alpha value is -1.19. The molecule has 9 heteroatoms.